The van der Waals surface area contributed by atoms with E-state index < -0.39 is 0 Å². The summed E-state index contributed by atoms with van der Waals surface area (Å²) in [6.07, 6.45) is 0. The van der Waals surface area contributed by atoms with E-state index in [9.17, 15) is 0 Å². The van der Waals surface area contributed by atoms with Crippen LogP contribution in [0.1, 0.15) is 25.1 Å². The first-order valence-corrected chi connectivity index (χ1v) is 5.65. The van der Waals surface area contributed by atoms with E-state index in [0.29, 0.717) is 5.56 Å². The lowest BCUT2D eigenvalue weighted by Gasteiger charge is -2.32. The van der Waals surface area contributed by atoms with Crippen molar-refractivity contribution in [2.75, 3.05) is 26.0 Å². The van der Waals surface area contributed by atoms with Crippen molar-refractivity contribution in [3.63, 3.8) is 0 Å². The SMILES string of the molecule is Cc1cc(C#N)cc(NCC(C)(C)N(C)C)n1. The molecule has 1 heterocycles. The minimum absolute atomic E-state index is 0.0399. The van der Waals surface area contributed by atoms with Crippen molar-refractivity contribution in [2.24, 2.45) is 0 Å². The molecule has 4 nitrogen and oxygen atoms in total. The van der Waals surface area contributed by atoms with E-state index in [1.807, 2.05) is 21.0 Å². The fraction of sp³-hybridized carbons (Fsp3) is 0.538. The normalized spacial score (nSPS) is 11.4. The Hall–Kier alpha value is -1.60. The van der Waals surface area contributed by atoms with Crippen molar-refractivity contribution in [1.82, 2.24) is 9.88 Å². The predicted octanol–water partition coefficient (Wildman–Crippen LogP) is 2.01. The molecule has 1 aromatic rings. The number of rotatable bonds is 4. The number of nitriles is 1. The summed E-state index contributed by atoms with van der Waals surface area (Å²) in [6, 6.07) is 5.69. The topological polar surface area (TPSA) is 52.0 Å². The van der Waals surface area contributed by atoms with Crippen molar-refractivity contribution in [3.8, 4) is 6.07 Å². The van der Waals surface area contributed by atoms with Crippen LogP contribution < -0.4 is 5.32 Å². The molecule has 0 unspecified atom stereocenters. The molecule has 0 aromatic carbocycles. The minimum atomic E-state index is 0.0399. The number of aryl methyl sites for hydroxylation is 1. The summed E-state index contributed by atoms with van der Waals surface area (Å²) in [5.41, 5.74) is 1.54. The molecule has 0 amide bonds. The molecule has 0 aliphatic heterocycles. The fourth-order valence-electron chi connectivity index (χ4n) is 1.29. The van der Waals surface area contributed by atoms with Crippen LogP contribution in [-0.4, -0.2) is 36.1 Å². The molecule has 92 valence electrons. The van der Waals surface area contributed by atoms with Gasteiger partial charge in [-0.05, 0) is 47.0 Å². The molecule has 0 atom stereocenters. The third-order valence-electron chi connectivity index (χ3n) is 3.00. The number of aromatic nitrogens is 1. The number of hydrogen-bond donors (Lipinski definition) is 1. The van der Waals surface area contributed by atoms with Crippen LogP contribution in [0.3, 0.4) is 0 Å². The molecule has 4 heteroatoms. The van der Waals surface area contributed by atoms with Gasteiger partial charge < -0.3 is 10.2 Å². The van der Waals surface area contributed by atoms with E-state index in [1.54, 1.807) is 12.1 Å². The predicted molar refractivity (Wildman–Crippen MR) is 69.9 cm³/mol. The Morgan fingerprint density at radius 2 is 2.06 bits per heavy atom. The van der Waals surface area contributed by atoms with Gasteiger partial charge in [0.2, 0.25) is 0 Å². The van der Waals surface area contributed by atoms with Crippen molar-refractivity contribution >= 4 is 5.82 Å². The average Bonchev–Trinajstić information content (AvgIpc) is 2.25. The van der Waals surface area contributed by atoms with E-state index in [2.05, 4.69) is 35.1 Å². The number of nitrogens with zero attached hydrogens (tertiary/aromatic N) is 3. The monoisotopic (exact) mass is 232 g/mol. The third kappa shape index (κ3) is 3.72. The molecule has 0 spiro atoms. The number of pyridine rings is 1. The first-order valence-electron chi connectivity index (χ1n) is 5.65. The average molecular weight is 232 g/mol. The second-order valence-corrected chi connectivity index (χ2v) is 5.05. The molecule has 0 radical (unpaired) electrons. The molecule has 0 saturated heterocycles. The van der Waals surface area contributed by atoms with E-state index in [-0.39, 0.29) is 5.54 Å². The zero-order valence-corrected chi connectivity index (χ0v) is 11.2. The summed E-state index contributed by atoms with van der Waals surface area (Å²) in [6.45, 7) is 6.98. The number of likely N-dealkylation sites (N-methyl/N-ethyl adjacent to an activating group) is 1. The Kier molecular flexibility index (Phi) is 4.08. The van der Waals surface area contributed by atoms with Crippen molar-refractivity contribution in [1.29, 1.82) is 5.26 Å². The van der Waals surface area contributed by atoms with Gasteiger partial charge >= 0.3 is 0 Å². The van der Waals surface area contributed by atoms with Crippen molar-refractivity contribution in [2.45, 2.75) is 26.3 Å². The first kappa shape index (κ1) is 13.5. The lowest BCUT2D eigenvalue weighted by molar-refractivity contribution is 0.210. The van der Waals surface area contributed by atoms with Gasteiger partial charge in [0.05, 0.1) is 11.6 Å². The number of nitrogens with one attached hydrogen (secondary N) is 1. The highest BCUT2D eigenvalue weighted by atomic mass is 15.2. The van der Waals surface area contributed by atoms with Crippen LogP contribution in [0.2, 0.25) is 0 Å². The second-order valence-electron chi connectivity index (χ2n) is 5.05. The molecule has 1 aromatic heterocycles. The molecule has 0 bridgehead atoms. The summed E-state index contributed by atoms with van der Waals surface area (Å²) >= 11 is 0. The molecular formula is C13H20N4. The molecule has 0 saturated carbocycles. The zero-order chi connectivity index (χ0) is 13.1. The van der Waals surface area contributed by atoms with Gasteiger partial charge in [-0.3, -0.25) is 0 Å². The van der Waals surface area contributed by atoms with E-state index in [1.165, 1.54) is 0 Å². The summed E-state index contributed by atoms with van der Waals surface area (Å²) in [5, 5.41) is 12.2. The van der Waals surface area contributed by atoms with Crippen LogP contribution in [0.25, 0.3) is 0 Å². The Bertz CT molecular complexity index is 430. The lowest BCUT2D eigenvalue weighted by atomic mass is 10.0. The van der Waals surface area contributed by atoms with Gasteiger partial charge in [-0.15, -0.1) is 0 Å². The Morgan fingerprint density at radius 1 is 1.41 bits per heavy atom. The summed E-state index contributed by atoms with van der Waals surface area (Å²) in [5.74, 6) is 0.761. The maximum absolute atomic E-state index is 8.89. The fourth-order valence-corrected chi connectivity index (χ4v) is 1.29. The van der Waals surface area contributed by atoms with Gasteiger partial charge in [0.15, 0.2) is 0 Å². The highest BCUT2D eigenvalue weighted by Gasteiger charge is 2.20. The van der Waals surface area contributed by atoms with Gasteiger partial charge in [0.1, 0.15) is 5.82 Å². The Balaban J connectivity index is 2.77. The maximum Gasteiger partial charge on any atom is 0.127 e. The Morgan fingerprint density at radius 3 is 2.59 bits per heavy atom. The molecule has 0 aliphatic rings. The molecule has 0 aliphatic carbocycles. The molecule has 0 fully saturated rings. The molecule has 1 rings (SSSR count). The maximum atomic E-state index is 8.89. The highest BCUT2D eigenvalue weighted by Crippen LogP contribution is 2.13. The van der Waals surface area contributed by atoms with Crippen molar-refractivity contribution in [3.05, 3.63) is 23.4 Å². The summed E-state index contributed by atoms with van der Waals surface area (Å²) in [7, 11) is 4.10. The van der Waals surface area contributed by atoms with Gasteiger partial charge in [0.25, 0.3) is 0 Å². The van der Waals surface area contributed by atoms with Gasteiger partial charge in [0, 0.05) is 17.8 Å². The van der Waals surface area contributed by atoms with Gasteiger partial charge in [-0.1, -0.05) is 0 Å². The van der Waals surface area contributed by atoms with E-state index in [4.69, 9.17) is 5.26 Å². The van der Waals surface area contributed by atoms with Crippen LogP contribution in [0.5, 0.6) is 0 Å². The molecule has 1 N–H and O–H groups in total. The quantitative estimate of drug-likeness (QED) is 0.863. The van der Waals surface area contributed by atoms with Crippen molar-refractivity contribution < 1.29 is 0 Å². The van der Waals surface area contributed by atoms with E-state index >= 15 is 0 Å². The highest BCUT2D eigenvalue weighted by molar-refractivity contribution is 5.44. The number of hydrogen-bond acceptors (Lipinski definition) is 4. The smallest absolute Gasteiger partial charge is 0.127 e. The van der Waals surface area contributed by atoms with Gasteiger partial charge in [-0.2, -0.15) is 5.26 Å². The second kappa shape index (κ2) is 5.15. The summed E-state index contributed by atoms with van der Waals surface area (Å²) in [4.78, 5) is 6.52. The van der Waals surface area contributed by atoms with E-state index in [0.717, 1.165) is 18.1 Å². The van der Waals surface area contributed by atoms with Crippen LogP contribution in [0.15, 0.2) is 12.1 Å². The molecule has 17 heavy (non-hydrogen) atoms. The standard InChI is InChI=1S/C13H20N4/c1-10-6-11(8-14)7-12(16-10)15-9-13(2,3)17(4)5/h6-7H,9H2,1-5H3,(H,15,16). The number of anilines is 1. The van der Waals surface area contributed by atoms with Crippen LogP contribution >= 0.6 is 0 Å². The van der Waals surface area contributed by atoms with Crippen LogP contribution in [0, 0.1) is 18.3 Å². The third-order valence-corrected chi connectivity index (χ3v) is 3.00. The minimum Gasteiger partial charge on any atom is -0.368 e. The van der Waals surface area contributed by atoms with Crippen LogP contribution in [-0.2, 0) is 0 Å². The van der Waals surface area contributed by atoms with Gasteiger partial charge in [-0.25, -0.2) is 4.98 Å². The molecular weight excluding hydrogens is 212 g/mol. The lowest BCUT2D eigenvalue weighted by Crippen LogP contribution is -2.44. The Labute approximate surface area is 103 Å². The van der Waals surface area contributed by atoms with Crippen LogP contribution in [0.4, 0.5) is 5.82 Å². The zero-order valence-electron chi connectivity index (χ0n) is 11.2. The first-order chi connectivity index (χ1) is 7.85. The summed E-state index contributed by atoms with van der Waals surface area (Å²) < 4.78 is 0. The largest absolute Gasteiger partial charge is 0.368 e.